The molecule has 0 radical (unpaired) electrons. The van der Waals surface area contributed by atoms with E-state index in [2.05, 4.69) is 13.5 Å². The molecule has 0 aliphatic rings. The average Bonchev–Trinajstić information content (AvgIpc) is 2.00. The maximum atomic E-state index is 8.94. The predicted octanol–water partition coefficient (Wildman–Crippen LogP) is 2.36. The monoisotopic (exact) mass is 142 g/mol. The summed E-state index contributed by atoms with van der Waals surface area (Å²) in [7, 11) is 0. The van der Waals surface area contributed by atoms with E-state index in [0.29, 0.717) is 0 Å². The van der Waals surface area contributed by atoms with Crippen molar-refractivity contribution in [1.82, 2.24) is 0 Å². The van der Waals surface area contributed by atoms with Gasteiger partial charge in [-0.15, -0.1) is 6.58 Å². The Morgan fingerprint density at radius 3 is 2.50 bits per heavy atom. The van der Waals surface area contributed by atoms with Crippen LogP contribution in [0.2, 0.25) is 0 Å². The first-order chi connectivity index (χ1) is 4.68. The Hall–Kier alpha value is -0.300. The van der Waals surface area contributed by atoms with Gasteiger partial charge < -0.3 is 5.11 Å². The summed E-state index contributed by atoms with van der Waals surface area (Å²) in [6, 6.07) is 0. The molecule has 0 aromatic rings. The van der Waals surface area contributed by atoms with Crippen molar-refractivity contribution in [3.63, 3.8) is 0 Å². The molecule has 1 N–H and O–H groups in total. The van der Waals surface area contributed by atoms with Crippen molar-refractivity contribution in [2.24, 2.45) is 5.41 Å². The zero-order valence-corrected chi connectivity index (χ0v) is 7.06. The van der Waals surface area contributed by atoms with Crippen LogP contribution >= 0.6 is 0 Å². The fourth-order valence-electron chi connectivity index (χ4n) is 0.826. The molecule has 1 heteroatoms. The van der Waals surface area contributed by atoms with Crippen molar-refractivity contribution in [2.75, 3.05) is 6.61 Å². The van der Waals surface area contributed by atoms with Gasteiger partial charge in [-0.3, -0.25) is 0 Å². The molecule has 0 aliphatic heterocycles. The number of unbranched alkanes of at least 4 members (excludes halogenated alkanes) is 1. The molecule has 0 amide bonds. The molecule has 1 unspecified atom stereocenters. The lowest BCUT2D eigenvalue weighted by Gasteiger charge is -2.21. The maximum absolute atomic E-state index is 8.94. The van der Waals surface area contributed by atoms with Gasteiger partial charge in [0.15, 0.2) is 0 Å². The van der Waals surface area contributed by atoms with Gasteiger partial charge in [-0.05, 0) is 6.42 Å². The molecule has 0 aliphatic carbocycles. The van der Waals surface area contributed by atoms with Crippen LogP contribution in [0.15, 0.2) is 12.7 Å². The molecule has 0 spiro atoms. The van der Waals surface area contributed by atoms with Crippen LogP contribution < -0.4 is 0 Å². The van der Waals surface area contributed by atoms with Crippen LogP contribution in [0.25, 0.3) is 0 Å². The van der Waals surface area contributed by atoms with Crippen molar-refractivity contribution in [3.05, 3.63) is 12.7 Å². The summed E-state index contributed by atoms with van der Waals surface area (Å²) in [6.45, 7) is 8.11. The van der Waals surface area contributed by atoms with Crippen LogP contribution in [0.5, 0.6) is 0 Å². The van der Waals surface area contributed by atoms with Gasteiger partial charge in [0.1, 0.15) is 0 Å². The molecule has 0 aromatic carbocycles. The topological polar surface area (TPSA) is 20.2 Å². The SMILES string of the molecule is C=CC(C)(CO)CCCC. The van der Waals surface area contributed by atoms with E-state index in [1.165, 1.54) is 12.8 Å². The molecule has 0 saturated heterocycles. The van der Waals surface area contributed by atoms with E-state index in [-0.39, 0.29) is 12.0 Å². The minimum Gasteiger partial charge on any atom is -0.395 e. The zero-order chi connectivity index (χ0) is 8.04. The van der Waals surface area contributed by atoms with Gasteiger partial charge in [0.05, 0.1) is 6.61 Å². The Kier molecular flexibility index (Phi) is 4.37. The first kappa shape index (κ1) is 9.70. The highest BCUT2D eigenvalue weighted by Gasteiger charge is 2.17. The second kappa shape index (κ2) is 4.51. The predicted molar refractivity (Wildman–Crippen MR) is 44.9 cm³/mol. The number of aliphatic hydroxyl groups excluding tert-OH is 1. The molecule has 0 aromatic heterocycles. The van der Waals surface area contributed by atoms with Crippen molar-refractivity contribution >= 4 is 0 Å². The van der Waals surface area contributed by atoms with Gasteiger partial charge in [0, 0.05) is 5.41 Å². The summed E-state index contributed by atoms with van der Waals surface area (Å²) in [5.74, 6) is 0. The standard InChI is InChI=1S/C9H18O/c1-4-6-7-9(3,5-2)8-10/h5,10H,2,4,6-8H2,1,3H3. The second-order valence-electron chi connectivity index (χ2n) is 3.12. The summed E-state index contributed by atoms with van der Waals surface area (Å²) in [5, 5.41) is 8.94. The van der Waals surface area contributed by atoms with Gasteiger partial charge in [-0.25, -0.2) is 0 Å². The highest BCUT2D eigenvalue weighted by molar-refractivity contribution is 4.90. The molecule has 0 saturated carbocycles. The molecular weight excluding hydrogens is 124 g/mol. The zero-order valence-electron chi connectivity index (χ0n) is 7.06. The Bertz CT molecular complexity index is 98.9. The summed E-state index contributed by atoms with van der Waals surface area (Å²) >= 11 is 0. The van der Waals surface area contributed by atoms with Crippen molar-refractivity contribution in [1.29, 1.82) is 0 Å². The Morgan fingerprint density at radius 1 is 1.60 bits per heavy atom. The lowest BCUT2D eigenvalue weighted by molar-refractivity contribution is 0.173. The maximum Gasteiger partial charge on any atom is 0.0519 e. The van der Waals surface area contributed by atoms with Gasteiger partial charge >= 0.3 is 0 Å². The van der Waals surface area contributed by atoms with Gasteiger partial charge in [0.2, 0.25) is 0 Å². The van der Waals surface area contributed by atoms with Gasteiger partial charge in [0.25, 0.3) is 0 Å². The van der Waals surface area contributed by atoms with E-state index in [9.17, 15) is 0 Å². The molecule has 10 heavy (non-hydrogen) atoms. The largest absolute Gasteiger partial charge is 0.395 e. The Labute approximate surface area is 63.8 Å². The second-order valence-corrected chi connectivity index (χ2v) is 3.12. The summed E-state index contributed by atoms with van der Waals surface area (Å²) in [4.78, 5) is 0. The Balaban J connectivity index is 3.68. The van der Waals surface area contributed by atoms with E-state index in [0.717, 1.165) is 6.42 Å². The highest BCUT2D eigenvalue weighted by atomic mass is 16.3. The lowest BCUT2D eigenvalue weighted by Crippen LogP contribution is -2.17. The van der Waals surface area contributed by atoms with Crippen molar-refractivity contribution < 1.29 is 5.11 Å². The third-order valence-corrected chi connectivity index (χ3v) is 1.96. The van der Waals surface area contributed by atoms with E-state index in [1.54, 1.807) is 0 Å². The van der Waals surface area contributed by atoms with Crippen molar-refractivity contribution in [2.45, 2.75) is 33.1 Å². The number of aliphatic hydroxyl groups is 1. The highest BCUT2D eigenvalue weighted by Crippen LogP contribution is 2.23. The number of hydrogen-bond donors (Lipinski definition) is 1. The third kappa shape index (κ3) is 3.02. The lowest BCUT2D eigenvalue weighted by atomic mass is 9.86. The number of hydrogen-bond acceptors (Lipinski definition) is 1. The first-order valence-corrected chi connectivity index (χ1v) is 3.93. The molecule has 60 valence electrons. The van der Waals surface area contributed by atoms with Crippen molar-refractivity contribution in [3.8, 4) is 0 Å². The fourth-order valence-corrected chi connectivity index (χ4v) is 0.826. The van der Waals surface area contributed by atoms with E-state index in [4.69, 9.17) is 5.11 Å². The molecule has 0 bridgehead atoms. The van der Waals surface area contributed by atoms with E-state index in [1.807, 2.05) is 13.0 Å². The number of rotatable bonds is 5. The molecule has 0 rings (SSSR count). The molecule has 1 nitrogen and oxygen atoms in total. The quantitative estimate of drug-likeness (QED) is 0.584. The minimum absolute atomic E-state index is 0.0456. The van der Waals surface area contributed by atoms with Crippen LogP contribution in [0.1, 0.15) is 33.1 Å². The summed E-state index contributed by atoms with van der Waals surface area (Å²) in [6.07, 6.45) is 5.25. The first-order valence-electron chi connectivity index (χ1n) is 3.93. The molecule has 1 atom stereocenters. The Morgan fingerprint density at radius 2 is 2.20 bits per heavy atom. The summed E-state index contributed by atoms with van der Waals surface area (Å²) in [5.41, 5.74) is -0.0456. The molecule has 0 fully saturated rings. The van der Waals surface area contributed by atoms with Crippen LogP contribution in [0.4, 0.5) is 0 Å². The minimum atomic E-state index is -0.0456. The third-order valence-electron chi connectivity index (χ3n) is 1.96. The van der Waals surface area contributed by atoms with Crippen LogP contribution in [-0.2, 0) is 0 Å². The molecule has 0 heterocycles. The molecular formula is C9H18O. The smallest absolute Gasteiger partial charge is 0.0519 e. The van der Waals surface area contributed by atoms with E-state index >= 15 is 0 Å². The van der Waals surface area contributed by atoms with Crippen LogP contribution in [-0.4, -0.2) is 11.7 Å². The van der Waals surface area contributed by atoms with Gasteiger partial charge in [-0.1, -0.05) is 32.8 Å². The van der Waals surface area contributed by atoms with E-state index < -0.39 is 0 Å². The van der Waals surface area contributed by atoms with Gasteiger partial charge in [-0.2, -0.15) is 0 Å². The normalized spacial score (nSPS) is 16.3. The summed E-state index contributed by atoms with van der Waals surface area (Å²) < 4.78 is 0. The van der Waals surface area contributed by atoms with Crippen LogP contribution in [0, 0.1) is 5.41 Å². The van der Waals surface area contributed by atoms with Crippen LogP contribution in [0.3, 0.4) is 0 Å². The average molecular weight is 142 g/mol. The fraction of sp³-hybridized carbons (Fsp3) is 0.778.